The molecule has 0 saturated heterocycles. The SMILES string of the molecule is ClC(Cl)[Si]CCCO[Si](OCCC[Si]C(Cl)Cl)(OCCC[Si]C(Cl)Cl)c1ccccc1. The van der Waals surface area contributed by atoms with E-state index in [1.807, 2.05) is 30.3 Å². The fourth-order valence-corrected chi connectivity index (χ4v) is 8.74. The molecule has 0 atom stereocenters. The number of hydrogen-bond acceptors (Lipinski definition) is 3. The highest BCUT2D eigenvalue weighted by molar-refractivity contribution is 6.75. The summed E-state index contributed by atoms with van der Waals surface area (Å²) >= 11 is 35.1. The monoisotopic (exact) mass is 612 g/mol. The summed E-state index contributed by atoms with van der Waals surface area (Å²) in [5, 5.41) is 0.954. The van der Waals surface area contributed by atoms with E-state index in [1.165, 1.54) is 0 Å². The van der Waals surface area contributed by atoms with Gasteiger partial charge in [0.25, 0.3) is 0 Å². The predicted molar refractivity (Wildman–Crippen MR) is 142 cm³/mol. The number of halogens is 6. The van der Waals surface area contributed by atoms with E-state index in [4.69, 9.17) is 82.9 Å². The van der Waals surface area contributed by atoms with Gasteiger partial charge in [0, 0.05) is 25.0 Å². The van der Waals surface area contributed by atoms with Crippen molar-refractivity contribution in [3.8, 4) is 0 Å². The molecule has 13 heteroatoms. The maximum atomic E-state index is 6.37. The lowest BCUT2D eigenvalue weighted by molar-refractivity contribution is 0.0732. The van der Waals surface area contributed by atoms with Gasteiger partial charge in [0.2, 0.25) is 0 Å². The van der Waals surface area contributed by atoms with Gasteiger partial charge in [-0.3, -0.25) is 0 Å². The van der Waals surface area contributed by atoms with Gasteiger partial charge in [-0.15, -0.1) is 69.6 Å². The first kappa shape index (κ1) is 30.7. The Morgan fingerprint density at radius 1 is 0.613 bits per heavy atom. The number of hydrogen-bond donors (Lipinski definition) is 0. The molecular weight excluding hydrogens is 589 g/mol. The molecule has 3 nitrogen and oxygen atoms in total. The minimum absolute atomic E-state index is 0.328. The van der Waals surface area contributed by atoms with Crippen LogP contribution in [0, 0.1) is 0 Å². The van der Waals surface area contributed by atoms with Crippen molar-refractivity contribution in [3.63, 3.8) is 0 Å². The van der Waals surface area contributed by atoms with E-state index in [1.54, 1.807) is 0 Å². The van der Waals surface area contributed by atoms with E-state index in [0.717, 1.165) is 42.6 Å². The normalized spacial score (nSPS) is 12.4. The first-order valence-corrected chi connectivity index (χ1v) is 18.1. The quantitative estimate of drug-likeness (QED) is 0.114. The van der Waals surface area contributed by atoms with Crippen molar-refractivity contribution in [2.75, 3.05) is 19.8 Å². The third-order valence-electron chi connectivity index (χ3n) is 3.86. The van der Waals surface area contributed by atoms with E-state index in [-0.39, 0.29) is 13.4 Å². The standard InChI is InChI=1S/C18H26Cl6O3Si4/c19-16(20)28-12-4-9-25-31(15-7-2-1-3-8-15,26-10-5-13-29-17(21)22)27-11-6-14-30-18(23)24/h1-3,7-8,16-18H,4-6,9-14H2. The molecule has 1 aromatic carbocycles. The molecular formula is C18H26Cl6O3Si4. The summed E-state index contributed by atoms with van der Waals surface area (Å²) in [4.78, 5) is 0. The van der Waals surface area contributed by atoms with Crippen molar-refractivity contribution in [2.24, 2.45) is 0 Å². The van der Waals surface area contributed by atoms with Crippen molar-refractivity contribution in [3.05, 3.63) is 30.3 Å². The zero-order valence-corrected chi connectivity index (χ0v) is 25.5. The zero-order valence-electron chi connectivity index (χ0n) is 17.0. The van der Waals surface area contributed by atoms with E-state index in [0.29, 0.717) is 48.4 Å². The van der Waals surface area contributed by atoms with Crippen LogP contribution in [0.4, 0.5) is 0 Å². The average Bonchev–Trinajstić information content (AvgIpc) is 2.72. The molecule has 0 aliphatic rings. The van der Waals surface area contributed by atoms with Crippen molar-refractivity contribution >= 4 is 112 Å². The van der Waals surface area contributed by atoms with Gasteiger partial charge in [0.15, 0.2) is 0 Å². The highest BCUT2D eigenvalue weighted by Gasteiger charge is 2.43. The van der Waals surface area contributed by atoms with Gasteiger partial charge in [0.05, 0.1) is 41.9 Å². The van der Waals surface area contributed by atoms with Crippen LogP contribution in [0.5, 0.6) is 0 Å². The molecule has 0 amide bonds. The van der Waals surface area contributed by atoms with Crippen LogP contribution in [0.25, 0.3) is 0 Å². The van der Waals surface area contributed by atoms with Crippen molar-refractivity contribution in [1.29, 1.82) is 0 Å². The molecule has 0 heterocycles. The third kappa shape index (κ3) is 15.3. The molecule has 1 aromatic rings. The molecule has 31 heavy (non-hydrogen) atoms. The highest BCUT2D eigenvalue weighted by Crippen LogP contribution is 2.16. The molecule has 0 spiro atoms. The zero-order chi connectivity index (χ0) is 23.0. The van der Waals surface area contributed by atoms with Crippen molar-refractivity contribution in [2.45, 2.75) is 50.8 Å². The molecule has 0 bridgehead atoms. The molecule has 0 saturated carbocycles. The molecule has 6 radical (unpaired) electrons. The highest BCUT2D eigenvalue weighted by atomic mass is 35.5. The Bertz CT molecular complexity index is 515. The van der Waals surface area contributed by atoms with E-state index in [2.05, 4.69) is 0 Å². The van der Waals surface area contributed by atoms with Crippen LogP contribution in [0.2, 0.25) is 18.1 Å². The first-order valence-electron chi connectivity index (χ1n) is 9.88. The molecule has 0 N–H and O–H groups in total. The number of alkyl halides is 6. The maximum Gasteiger partial charge on any atom is 0.537 e. The Morgan fingerprint density at radius 3 is 1.29 bits per heavy atom. The lowest BCUT2D eigenvalue weighted by Crippen LogP contribution is -2.57. The Hall–Kier alpha value is 1.71. The summed E-state index contributed by atoms with van der Waals surface area (Å²) in [6, 6.07) is 12.6. The van der Waals surface area contributed by atoms with Crippen LogP contribution in [0.15, 0.2) is 30.3 Å². The lowest BCUT2D eigenvalue weighted by Gasteiger charge is -2.30. The summed E-state index contributed by atoms with van der Waals surface area (Å²) in [5.74, 6) is 0. The van der Waals surface area contributed by atoms with Crippen molar-refractivity contribution < 1.29 is 13.3 Å². The maximum absolute atomic E-state index is 6.37. The molecule has 0 unspecified atom stereocenters. The fourth-order valence-electron chi connectivity index (χ4n) is 2.49. The Kier molecular flexibility index (Phi) is 18.8. The van der Waals surface area contributed by atoms with Gasteiger partial charge in [-0.25, -0.2) is 0 Å². The Balaban J connectivity index is 2.78. The minimum Gasteiger partial charge on any atom is -0.370 e. The molecule has 0 fully saturated rings. The topological polar surface area (TPSA) is 27.7 Å². The summed E-state index contributed by atoms with van der Waals surface area (Å²) < 4.78 is 18.1. The third-order valence-corrected chi connectivity index (χ3v) is 12.3. The molecule has 0 aliphatic carbocycles. The van der Waals surface area contributed by atoms with Crippen LogP contribution in [-0.4, -0.2) is 70.6 Å². The van der Waals surface area contributed by atoms with Gasteiger partial charge in [-0.05, 0) is 19.3 Å². The van der Waals surface area contributed by atoms with Gasteiger partial charge < -0.3 is 13.3 Å². The summed E-state index contributed by atoms with van der Waals surface area (Å²) in [6.07, 6.45) is 2.52. The first-order chi connectivity index (χ1) is 14.9. The molecule has 1 rings (SSSR count). The van der Waals surface area contributed by atoms with Gasteiger partial charge >= 0.3 is 8.80 Å². The van der Waals surface area contributed by atoms with Crippen LogP contribution in [0.3, 0.4) is 0 Å². The van der Waals surface area contributed by atoms with Gasteiger partial charge in [-0.2, -0.15) is 0 Å². The largest absolute Gasteiger partial charge is 0.537 e. The smallest absolute Gasteiger partial charge is 0.370 e. The van der Waals surface area contributed by atoms with E-state index in [9.17, 15) is 0 Å². The second-order valence-electron chi connectivity index (χ2n) is 6.29. The number of benzene rings is 1. The Morgan fingerprint density at radius 2 is 0.968 bits per heavy atom. The van der Waals surface area contributed by atoms with E-state index >= 15 is 0 Å². The summed E-state index contributed by atoms with van der Waals surface area (Å²) in [5.41, 5.74) is 0. The van der Waals surface area contributed by atoms with Crippen LogP contribution in [-0.2, 0) is 13.3 Å². The summed E-state index contributed by atoms with van der Waals surface area (Å²) in [6.45, 7) is 1.57. The predicted octanol–water partition coefficient (Wildman–Crippen LogP) is 5.70. The van der Waals surface area contributed by atoms with Gasteiger partial charge in [0.1, 0.15) is 0 Å². The minimum atomic E-state index is -3.09. The van der Waals surface area contributed by atoms with Gasteiger partial charge in [-0.1, -0.05) is 48.5 Å². The number of rotatable bonds is 19. The van der Waals surface area contributed by atoms with Crippen LogP contribution >= 0.6 is 69.6 Å². The van der Waals surface area contributed by atoms with Crippen molar-refractivity contribution in [1.82, 2.24) is 0 Å². The summed E-state index contributed by atoms with van der Waals surface area (Å²) in [7, 11) is -1.65. The second kappa shape index (κ2) is 19.0. The lowest BCUT2D eigenvalue weighted by atomic mass is 10.4. The van der Waals surface area contributed by atoms with Crippen LogP contribution in [0.1, 0.15) is 19.3 Å². The molecule has 174 valence electrons. The van der Waals surface area contributed by atoms with E-state index < -0.39 is 8.80 Å². The molecule has 0 aromatic heterocycles. The average molecular weight is 615 g/mol. The second-order valence-corrected chi connectivity index (χ2v) is 18.8. The fraction of sp³-hybridized carbons (Fsp3) is 0.667. The van der Waals surface area contributed by atoms with Crippen LogP contribution < -0.4 is 5.19 Å². The molecule has 0 aliphatic heterocycles. The Labute approximate surface area is 224 Å².